The number of para-hydroxylation sites is 1. The third-order valence-corrected chi connectivity index (χ3v) is 4.95. The van der Waals surface area contributed by atoms with Crippen LogP contribution in [0.4, 0.5) is 11.5 Å². The molecule has 0 fully saturated rings. The Morgan fingerprint density at radius 2 is 2.07 bits per heavy atom. The van der Waals surface area contributed by atoms with Crippen LogP contribution in [0.15, 0.2) is 54.7 Å². The second-order valence-corrected chi connectivity index (χ2v) is 7.03. The summed E-state index contributed by atoms with van der Waals surface area (Å²) in [4.78, 5) is 14.8. The number of aromatic nitrogens is 3. The number of rotatable bonds is 2. The van der Waals surface area contributed by atoms with E-state index in [1.165, 1.54) is 0 Å². The average Bonchev–Trinajstić information content (AvgIpc) is 3.10. The number of nitrogens with zero attached hydrogens (tertiary/aromatic N) is 3. The molecule has 2 aromatic carbocycles. The second-order valence-electron chi connectivity index (χ2n) is 6.59. The topological polar surface area (TPSA) is 54.0 Å². The summed E-state index contributed by atoms with van der Waals surface area (Å²) in [7, 11) is 0. The van der Waals surface area contributed by atoms with Crippen molar-refractivity contribution >= 4 is 34.1 Å². The van der Waals surface area contributed by atoms with Crippen molar-refractivity contribution in [2.24, 2.45) is 0 Å². The Hall–Kier alpha value is -3.05. The highest BCUT2D eigenvalue weighted by Crippen LogP contribution is 2.42. The summed E-state index contributed by atoms with van der Waals surface area (Å²) in [6.45, 7) is 3.38. The number of nitrogens with one attached hydrogen (secondary N) is 1. The average molecular weight is 377 g/mol. The molecule has 0 spiro atoms. The minimum Gasteiger partial charge on any atom is -0.489 e. The minimum atomic E-state index is 0.589. The fourth-order valence-electron chi connectivity index (χ4n) is 3.40. The zero-order valence-electron chi connectivity index (χ0n) is 14.7. The van der Waals surface area contributed by atoms with Crippen molar-refractivity contribution in [2.75, 3.05) is 18.1 Å². The van der Waals surface area contributed by atoms with Crippen LogP contribution >= 0.6 is 11.6 Å². The first kappa shape index (κ1) is 16.1. The molecule has 1 aliphatic rings. The molecule has 4 aromatic rings. The zero-order valence-corrected chi connectivity index (χ0v) is 15.5. The van der Waals surface area contributed by atoms with Crippen LogP contribution in [0.5, 0.6) is 5.75 Å². The van der Waals surface area contributed by atoms with Crippen LogP contribution in [0.1, 0.15) is 5.56 Å². The standard InChI is InChI=1S/C21H17ClN4O/c1-13-5-8-19(23-12-13)26-9-10-27-20-15(3-2-4-18(20)26)21-24-16-7-6-14(22)11-17(16)25-21/h2-8,11-12H,9-10H2,1H3,(H,24,25). The summed E-state index contributed by atoms with van der Waals surface area (Å²) in [6, 6.07) is 15.8. The van der Waals surface area contributed by atoms with Crippen LogP contribution in [0.3, 0.4) is 0 Å². The Morgan fingerprint density at radius 1 is 1.15 bits per heavy atom. The van der Waals surface area contributed by atoms with Crippen LogP contribution in [0, 0.1) is 6.92 Å². The number of H-pyrrole nitrogens is 1. The molecular weight excluding hydrogens is 360 g/mol. The first-order valence-electron chi connectivity index (χ1n) is 8.81. The van der Waals surface area contributed by atoms with E-state index in [9.17, 15) is 0 Å². The molecule has 1 N–H and O–H groups in total. The van der Waals surface area contributed by atoms with E-state index in [0.29, 0.717) is 11.6 Å². The smallest absolute Gasteiger partial charge is 0.154 e. The molecule has 27 heavy (non-hydrogen) atoms. The van der Waals surface area contributed by atoms with E-state index in [-0.39, 0.29) is 0 Å². The summed E-state index contributed by atoms with van der Waals surface area (Å²) in [5, 5.41) is 0.681. The molecular formula is C21H17ClN4O. The first-order valence-corrected chi connectivity index (χ1v) is 9.18. The molecule has 1 aliphatic heterocycles. The maximum atomic E-state index is 6.10. The van der Waals surface area contributed by atoms with Gasteiger partial charge in [-0.3, -0.25) is 0 Å². The summed E-state index contributed by atoms with van der Waals surface area (Å²) in [6.07, 6.45) is 1.89. The Balaban J connectivity index is 1.63. The van der Waals surface area contributed by atoms with E-state index in [4.69, 9.17) is 21.3 Å². The molecule has 0 radical (unpaired) electrons. The second kappa shape index (κ2) is 6.28. The molecule has 6 heteroatoms. The number of hydrogen-bond donors (Lipinski definition) is 1. The minimum absolute atomic E-state index is 0.589. The van der Waals surface area contributed by atoms with Gasteiger partial charge in [-0.2, -0.15) is 0 Å². The molecule has 0 aliphatic carbocycles. The van der Waals surface area contributed by atoms with Gasteiger partial charge in [0.2, 0.25) is 0 Å². The lowest BCUT2D eigenvalue weighted by Gasteiger charge is -2.31. The van der Waals surface area contributed by atoms with Gasteiger partial charge in [0, 0.05) is 11.2 Å². The van der Waals surface area contributed by atoms with Crippen molar-refractivity contribution in [3.63, 3.8) is 0 Å². The number of anilines is 2. The highest BCUT2D eigenvalue weighted by atomic mass is 35.5. The van der Waals surface area contributed by atoms with Crippen molar-refractivity contribution in [3.8, 4) is 17.1 Å². The van der Waals surface area contributed by atoms with Gasteiger partial charge in [0.1, 0.15) is 18.2 Å². The number of aryl methyl sites for hydroxylation is 1. The van der Waals surface area contributed by atoms with Gasteiger partial charge in [-0.1, -0.05) is 23.7 Å². The number of fused-ring (bicyclic) bond motifs is 2. The van der Waals surface area contributed by atoms with Gasteiger partial charge < -0.3 is 14.6 Å². The lowest BCUT2D eigenvalue weighted by Crippen LogP contribution is -2.29. The Bertz CT molecular complexity index is 1140. The third kappa shape index (κ3) is 2.80. The van der Waals surface area contributed by atoms with Crippen molar-refractivity contribution < 1.29 is 4.74 Å². The van der Waals surface area contributed by atoms with E-state index in [0.717, 1.165) is 51.8 Å². The summed E-state index contributed by atoms with van der Waals surface area (Å²) in [5.41, 5.74) is 4.84. The maximum Gasteiger partial charge on any atom is 0.154 e. The molecule has 5 nitrogen and oxygen atoms in total. The largest absolute Gasteiger partial charge is 0.489 e. The van der Waals surface area contributed by atoms with E-state index in [1.54, 1.807) is 0 Å². The highest BCUT2D eigenvalue weighted by molar-refractivity contribution is 6.31. The Labute approximate surface area is 161 Å². The van der Waals surface area contributed by atoms with Crippen molar-refractivity contribution in [2.45, 2.75) is 6.92 Å². The molecule has 2 aromatic heterocycles. The van der Waals surface area contributed by atoms with Crippen molar-refractivity contribution in [1.82, 2.24) is 15.0 Å². The predicted octanol–water partition coefficient (Wildman–Crippen LogP) is 5.12. The predicted molar refractivity (Wildman–Crippen MR) is 108 cm³/mol. The Morgan fingerprint density at radius 3 is 2.93 bits per heavy atom. The van der Waals surface area contributed by atoms with Crippen LogP contribution in [0.25, 0.3) is 22.4 Å². The molecule has 0 atom stereocenters. The van der Waals surface area contributed by atoms with Gasteiger partial charge in [0.25, 0.3) is 0 Å². The highest BCUT2D eigenvalue weighted by Gasteiger charge is 2.24. The quantitative estimate of drug-likeness (QED) is 0.527. The molecule has 5 rings (SSSR count). The number of benzene rings is 2. The fraction of sp³-hybridized carbons (Fsp3) is 0.143. The van der Waals surface area contributed by atoms with Crippen LogP contribution in [-0.2, 0) is 0 Å². The summed E-state index contributed by atoms with van der Waals surface area (Å²) in [5.74, 6) is 2.50. The monoisotopic (exact) mass is 376 g/mol. The number of aromatic amines is 1. The van der Waals surface area contributed by atoms with E-state index in [1.807, 2.05) is 49.5 Å². The third-order valence-electron chi connectivity index (χ3n) is 4.72. The van der Waals surface area contributed by atoms with Gasteiger partial charge in [-0.25, -0.2) is 9.97 Å². The fourth-order valence-corrected chi connectivity index (χ4v) is 3.57. The van der Waals surface area contributed by atoms with Crippen LogP contribution in [0.2, 0.25) is 5.02 Å². The molecule has 0 saturated heterocycles. The number of imidazole rings is 1. The van der Waals surface area contributed by atoms with Crippen LogP contribution in [-0.4, -0.2) is 28.1 Å². The van der Waals surface area contributed by atoms with Crippen molar-refractivity contribution in [3.05, 3.63) is 65.3 Å². The number of halogens is 1. The lowest BCUT2D eigenvalue weighted by atomic mass is 10.1. The van der Waals surface area contributed by atoms with Gasteiger partial charge in [0.05, 0.1) is 28.8 Å². The molecule has 0 unspecified atom stereocenters. The summed E-state index contributed by atoms with van der Waals surface area (Å²) < 4.78 is 6.05. The van der Waals surface area contributed by atoms with Crippen molar-refractivity contribution in [1.29, 1.82) is 0 Å². The number of ether oxygens (including phenoxy) is 1. The molecule has 0 saturated carbocycles. The Kier molecular flexibility index (Phi) is 3.76. The molecule has 3 heterocycles. The molecule has 134 valence electrons. The normalized spacial score (nSPS) is 13.5. The molecule has 0 amide bonds. The van der Waals surface area contributed by atoms with E-state index < -0.39 is 0 Å². The summed E-state index contributed by atoms with van der Waals surface area (Å²) >= 11 is 6.10. The zero-order chi connectivity index (χ0) is 18.4. The van der Waals surface area contributed by atoms with Gasteiger partial charge in [-0.05, 0) is 48.9 Å². The van der Waals surface area contributed by atoms with Gasteiger partial charge in [0.15, 0.2) is 5.75 Å². The molecule has 0 bridgehead atoms. The van der Waals surface area contributed by atoms with Gasteiger partial charge in [-0.15, -0.1) is 0 Å². The first-order chi connectivity index (χ1) is 13.2. The van der Waals surface area contributed by atoms with E-state index in [2.05, 4.69) is 27.0 Å². The van der Waals surface area contributed by atoms with Gasteiger partial charge >= 0.3 is 0 Å². The SMILES string of the molecule is Cc1ccc(N2CCOc3c(-c4nc5ccc(Cl)cc5[nH]4)cccc32)nc1. The lowest BCUT2D eigenvalue weighted by molar-refractivity contribution is 0.315. The number of hydrogen-bond acceptors (Lipinski definition) is 4. The van der Waals surface area contributed by atoms with Crippen LogP contribution < -0.4 is 9.64 Å². The van der Waals surface area contributed by atoms with E-state index >= 15 is 0 Å². The number of pyridine rings is 1. The maximum absolute atomic E-state index is 6.10.